The highest BCUT2D eigenvalue weighted by Gasteiger charge is 2.30. The molecule has 0 spiro atoms. The predicted octanol–water partition coefficient (Wildman–Crippen LogP) is 1.89. The average molecular weight is 279 g/mol. The molecule has 1 aliphatic rings. The van der Waals surface area contributed by atoms with Crippen LogP contribution in [0.15, 0.2) is 18.3 Å². The first-order valence-corrected chi connectivity index (χ1v) is 7.31. The number of aromatic nitrogens is 1. The maximum atomic E-state index is 11.8. The number of urea groups is 1. The molecule has 112 valence electrons. The molecule has 0 saturated carbocycles. The number of hydrogen-bond donors (Lipinski definition) is 2. The van der Waals surface area contributed by atoms with Crippen molar-refractivity contribution in [3.05, 3.63) is 24.0 Å². The number of aryl methyl sites for hydroxylation is 1. The van der Waals surface area contributed by atoms with Crippen LogP contribution in [0.5, 0.6) is 0 Å². The van der Waals surface area contributed by atoms with Crippen LogP contribution in [0, 0.1) is 11.8 Å². The fourth-order valence-electron chi connectivity index (χ4n) is 2.75. The number of carbonyl (C=O) groups is 1. The predicted molar refractivity (Wildman–Crippen MR) is 78.3 cm³/mol. The van der Waals surface area contributed by atoms with Crippen LogP contribution >= 0.6 is 0 Å². The van der Waals surface area contributed by atoms with Crippen LogP contribution in [0.25, 0.3) is 0 Å². The smallest absolute Gasteiger partial charge is 0.315 e. The molecule has 2 atom stereocenters. The highest BCUT2D eigenvalue weighted by Crippen LogP contribution is 2.25. The molecule has 0 aliphatic carbocycles. The molecule has 2 heterocycles. The molecule has 0 radical (unpaired) electrons. The van der Waals surface area contributed by atoms with E-state index >= 15 is 0 Å². The standard InChI is InChI=1S/C15H25N3O2/c1-11(2)14-12(6-8-20-14)9-16-15(19)17-10-13-5-4-7-18(13)3/h4-5,7,11-12,14H,6,8-10H2,1-3H3,(H2,16,17,19)/t12-,14-/m1/s1. The molecule has 1 aromatic rings. The first kappa shape index (κ1) is 14.9. The third-order valence-electron chi connectivity index (χ3n) is 3.93. The van der Waals surface area contributed by atoms with Crippen LogP contribution < -0.4 is 10.6 Å². The van der Waals surface area contributed by atoms with Gasteiger partial charge >= 0.3 is 6.03 Å². The molecule has 1 fully saturated rings. The number of rotatable bonds is 5. The number of carbonyl (C=O) groups excluding carboxylic acids is 1. The average Bonchev–Trinajstić information content (AvgIpc) is 3.02. The van der Waals surface area contributed by atoms with Crippen LogP contribution in [-0.4, -0.2) is 29.9 Å². The molecule has 2 rings (SSSR count). The summed E-state index contributed by atoms with van der Waals surface area (Å²) in [7, 11) is 1.97. The van der Waals surface area contributed by atoms with Crippen molar-refractivity contribution in [2.75, 3.05) is 13.2 Å². The Labute approximate surface area is 120 Å². The van der Waals surface area contributed by atoms with Gasteiger partial charge in [-0.05, 0) is 24.5 Å². The second-order valence-corrected chi connectivity index (χ2v) is 5.80. The molecule has 1 aliphatic heterocycles. The lowest BCUT2D eigenvalue weighted by atomic mass is 9.93. The Morgan fingerprint density at radius 1 is 1.50 bits per heavy atom. The summed E-state index contributed by atoms with van der Waals surface area (Å²) in [6.45, 7) is 6.36. The Morgan fingerprint density at radius 3 is 2.95 bits per heavy atom. The molecule has 5 heteroatoms. The van der Waals surface area contributed by atoms with Crippen LogP contribution in [0.2, 0.25) is 0 Å². The maximum absolute atomic E-state index is 11.8. The van der Waals surface area contributed by atoms with E-state index in [9.17, 15) is 4.79 Å². The summed E-state index contributed by atoms with van der Waals surface area (Å²) in [4.78, 5) is 11.8. The van der Waals surface area contributed by atoms with Gasteiger partial charge in [0.15, 0.2) is 0 Å². The van der Waals surface area contributed by atoms with Crippen LogP contribution in [0.1, 0.15) is 26.0 Å². The van der Waals surface area contributed by atoms with E-state index in [2.05, 4.69) is 24.5 Å². The van der Waals surface area contributed by atoms with Crippen molar-refractivity contribution in [3.63, 3.8) is 0 Å². The van der Waals surface area contributed by atoms with Gasteiger partial charge in [-0.15, -0.1) is 0 Å². The molecular formula is C15H25N3O2. The lowest BCUT2D eigenvalue weighted by Crippen LogP contribution is -2.40. The van der Waals surface area contributed by atoms with E-state index in [1.807, 2.05) is 29.9 Å². The third-order valence-corrected chi connectivity index (χ3v) is 3.93. The topological polar surface area (TPSA) is 55.3 Å². The van der Waals surface area contributed by atoms with Gasteiger partial charge in [-0.1, -0.05) is 13.8 Å². The number of amides is 2. The van der Waals surface area contributed by atoms with Gasteiger partial charge in [0.25, 0.3) is 0 Å². The molecular weight excluding hydrogens is 254 g/mol. The number of ether oxygens (including phenoxy) is 1. The summed E-state index contributed by atoms with van der Waals surface area (Å²) in [5.74, 6) is 0.923. The Hall–Kier alpha value is -1.49. The van der Waals surface area contributed by atoms with Gasteiger partial charge < -0.3 is 19.9 Å². The zero-order valence-electron chi connectivity index (χ0n) is 12.6. The number of nitrogens with zero attached hydrogens (tertiary/aromatic N) is 1. The van der Waals surface area contributed by atoms with Crippen LogP contribution in [0.3, 0.4) is 0 Å². The van der Waals surface area contributed by atoms with Crippen molar-refractivity contribution in [2.24, 2.45) is 18.9 Å². The van der Waals surface area contributed by atoms with Gasteiger partial charge in [0, 0.05) is 38.0 Å². The summed E-state index contributed by atoms with van der Waals surface area (Å²) >= 11 is 0. The van der Waals surface area contributed by atoms with E-state index in [0.29, 0.717) is 24.9 Å². The highest BCUT2D eigenvalue weighted by molar-refractivity contribution is 5.73. The Kier molecular flexibility index (Phi) is 5.06. The summed E-state index contributed by atoms with van der Waals surface area (Å²) in [5.41, 5.74) is 1.09. The highest BCUT2D eigenvalue weighted by atomic mass is 16.5. The van der Waals surface area contributed by atoms with E-state index in [1.54, 1.807) is 0 Å². The summed E-state index contributed by atoms with van der Waals surface area (Å²) < 4.78 is 7.72. The molecule has 1 saturated heterocycles. The maximum Gasteiger partial charge on any atom is 0.315 e. The van der Waals surface area contributed by atoms with Gasteiger partial charge in [0.2, 0.25) is 0 Å². The quantitative estimate of drug-likeness (QED) is 0.864. The Morgan fingerprint density at radius 2 is 2.30 bits per heavy atom. The molecule has 2 amide bonds. The lowest BCUT2D eigenvalue weighted by Gasteiger charge is -2.22. The van der Waals surface area contributed by atoms with E-state index < -0.39 is 0 Å². The van der Waals surface area contributed by atoms with E-state index in [4.69, 9.17) is 4.74 Å². The molecule has 5 nitrogen and oxygen atoms in total. The molecule has 0 aromatic carbocycles. The minimum Gasteiger partial charge on any atom is -0.378 e. The Bertz CT molecular complexity index is 442. The van der Waals surface area contributed by atoms with Gasteiger partial charge in [-0.3, -0.25) is 0 Å². The van der Waals surface area contributed by atoms with Gasteiger partial charge in [0.05, 0.1) is 12.6 Å². The first-order valence-electron chi connectivity index (χ1n) is 7.31. The van der Waals surface area contributed by atoms with Crippen molar-refractivity contribution < 1.29 is 9.53 Å². The summed E-state index contributed by atoms with van der Waals surface area (Å²) in [5, 5.41) is 5.83. The first-order chi connectivity index (χ1) is 9.58. The SMILES string of the molecule is CC(C)[C@H]1OCC[C@@H]1CNC(=O)NCc1cccn1C. The molecule has 20 heavy (non-hydrogen) atoms. The van der Waals surface area contributed by atoms with Crippen LogP contribution in [0.4, 0.5) is 4.79 Å². The molecule has 0 unspecified atom stereocenters. The van der Waals surface area contributed by atoms with Crippen LogP contribution in [-0.2, 0) is 18.3 Å². The zero-order valence-corrected chi connectivity index (χ0v) is 12.6. The van der Waals surface area contributed by atoms with Gasteiger partial charge in [-0.25, -0.2) is 4.79 Å². The second-order valence-electron chi connectivity index (χ2n) is 5.80. The summed E-state index contributed by atoms with van der Waals surface area (Å²) in [6, 6.07) is 3.86. The fourth-order valence-corrected chi connectivity index (χ4v) is 2.75. The molecule has 2 N–H and O–H groups in total. The normalized spacial score (nSPS) is 22.2. The minimum absolute atomic E-state index is 0.111. The summed E-state index contributed by atoms with van der Waals surface area (Å²) in [6.07, 6.45) is 3.27. The van der Waals surface area contributed by atoms with Gasteiger partial charge in [0.1, 0.15) is 0 Å². The largest absolute Gasteiger partial charge is 0.378 e. The molecule has 0 bridgehead atoms. The molecule has 1 aromatic heterocycles. The Balaban J connectivity index is 1.71. The second kappa shape index (κ2) is 6.79. The van der Waals surface area contributed by atoms with Crippen molar-refractivity contribution in [3.8, 4) is 0 Å². The minimum atomic E-state index is -0.111. The van der Waals surface area contributed by atoms with Crippen molar-refractivity contribution in [1.82, 2.24) is 15.2 Å². The van der Waals surface area contributed by atoms with E-state index in [1.165, 1.54) is 0 Å². The third kappa shape index (κ3) is 3.76. The monoisotopic (exact) mass is 279 g/mol. The van der Waals surface area contributed by atoms with E-state index in [-0.39, 0.29) is 12.1 Å². The fraction of sp³-hybridized carbons (Fsp3) is 0.667. The van der Waals surface area contributed by atoms with Gasteiger partial charge in [-0.2, -0.15) is 0 Å². The number of nitrogens with one attached hydrogen (secondary N) is 2. The lowest BCUT2D eigenvalue weighted by molar-refractivity contribution is 0.0545. The van der Waals surface area contributed by atoms with E-state index in [0.717, 1.165) is 18.7 Å². The zero-order chi connectivity index (χ0) is 14.5. The van der Waals surface area contributed by atoms with Crippen molar-refractivity contribution in [1.29, 1.82) is 0 Å². The number of hydrogen-bond acceptors (Lipinski definition) is 2. The van der Waals surface area contributed by atoms with Crippen molar-refractivity contribution >= 4 is 6.03 Å². The van der Waals surface area contributed by atoms with Crippen molar-refractivity contribution in [2.45, 2.75) is 32.9 Å².